The number of aromatic nitrogens is 4. The van der Waals surface area contributed by atoms with E-state index in [9.17, 15) is 28.1 Å². The highest BCUT2D eigenvalue weighted by molar-refractivity contribution is 7.90. The smallest absolute Gasteiger partial charge is 0.329 e. The maximum absolute atomic E-state index is 15.7. The number of likely N-dealkylation sites (tertiary alicyclic amines) is 1. The largest absolute Gasteiger partial charge is 0.453 e. The van der Waals surface area contributed by atoms with Crippen LogP contribution in [-0.4, -0.2) is 88.2 Å². The second kappa shape index (κ2) is 15.2. The van der Waals surface area contributed by atoms with Crippen molar-refractivity contribution < 1.29 is 31.5 Å². The lowest BCUT2D eigenvalue weighted by Crippen LogP contribution is -2.53. The van der Waals surface area contributed by atoms with Gasteiger partial charge in [-0.1, -0.05) is 6.92 Å². The lowest BCUT2D eigenvalue weighted by Gasteiger charge is -2.55. The average molecular weight is 855 g/mol. The summed E-state index contributed by atoms with van der Waals surface area (Å²) in [7, 11) is -0.882. The number of ether oxygens (including phenoxy) is 1. The molecule has 2 aromatic heterocycles. The van der Waals surface area contributed by atoms with Crippen LogP contribution in [0.5, 0.6) is 11.5 Å². The minimum absolute atomic E-state index is 0.0422. The number of amides is 3. The van der Waals surface area contributed by atoms with Crippen molar-refractivity contribution in [3.05, 3.63) is 81.9 Å². The average Bonchev–Trinajstić information content (AvgIpc) is 3.52. The van der Waals surface area contributed by atoms with Gasteiger partial charge in [-0.15, -0.1) is 0 Å². The summed E-state index contributed by atoms with van der Waals surface area (Å²) in [5.41, 5.74) is 1.15. The first-order chi connectivity index (χ1) is 29.2. The number of carbonyl (C=O) groups excluding carboxylic acids is 2. The number of urea groups is 1. The summed E-state index contributed by atoms with van der Waals surface area (Å²) in [5.74, 6) is -1.55. The van der Waals surface area contributed by atoms with Crippen molar-refractivity contribution >= 4 is 55.5 Å². The minimum Gasteiger partial charge on any atom is -0.453 e. The van der Waals surface area contributed by atoms with Gasteiger partial charge in [-0.2, -0.15) is 23.1 Å². The molecule has 3 amide bonds. The van der Waals surface area contributed by atoms with Crippen LogP contribution in [0.1, 0.15) is 75.0 Å². The van der Waals surface area contributed by atoms with Crippen molar-refractivity contribution in [2.45, 2.75) is 69.9 Å². The fraction of sp³-hybridized carbons (Fsp3) is 0.429. The summed E-state index contributed by atoms with van der Waals surface area (Å²) in [5, 5.41) is 17.5. The predicted octanol–water partition coefficient (Wildman–Crippen LogP) is 5.64. The number of benzene rings is 3. The number of anilines is 2. The Morgan fingerprint density at radius 1 is 1.02 bits per heavy atom. The number of hydrogen-bond donors (Lipinski definition) is 2. The number of nitriles is 1. The van der Waals surface area contributed by atoms with Crippen molar-refractivity contribution in [3.8, 4) is 17.6 Å². The van der Waals surface area contributed by atoms with Crippen LogP contribution in [0.3, 0.4) is 0 Å². The molecule has 0 atom stereocenters. The first-order valence-electron chi connectivity index (χ1n) is 20.3. The Bertz CT molecular complexity index is 2840. The zero-order chi connectivity index (χ0) is 43.0. The van der Waals surface area contributed by atoms with Crippen LogP contribution in [0, 0.1) is 28.4 Å². The van der Waals surface area contributed by atoms with E-state index in [1.807, 2.05) is 12.1 Å². The van der Waals surface area contributed by atoms with Gasteiger partial charge >= 0.3 is 16.2 Å². The Labute approximate surface area is 349 Å². The Morgan fingerprint density at radius 3 is 2.48 bits per heavy atom. The summed E-state index contributed by atoms with van der Waals surface area (Å²) in [6.07, 6.45) is 7.04. The van der Waals surface area contributed by atoms with E-state index in [2.05, 4.69) is 25.0 Å². The molecule has 1 spiro atoms. The molecule has 4 aliphatic rings. The number of carbonyl (C=O) groups is 2. The van der Waals surface area contributed by atoms with E-state index in [0.717, 1.165) is 73.6 Å². The Balaban J connectivity index is 0.830. The fourth-order valence-electron chi connectivity index (χ4n) is 9.40. The molecule has 2 aliphatic carbocycles. The van der Waals surface area contributed by atoms with Crippen LogP contribution in [0.2, 0.25) is 0 Å². The molecule has 5 aromatic rings. The van der Waals surface area contributed by atoms with Crippen LogP contribution in [0.25, 0.3) is 21.8 Å². The topological polar surface area (TPSA) is 188 Å². The van der Waals surface area contributed by atoms with E-state index >= 15 is 8.78 Å². The molecule has 4 fully saturated rings. The van der Waals surface area contributed by atoms with Crippen LogP contribution in [0.4, 0.5) is 25.1 Å². The van der Waals surface area contributed by atoms with Crippen molar-refractivity contribution in [2.24, 2.45) is 12.5 Å². The fourth-order valence-corrected chi connectivity index (χ4v) is 10.3. The molecule has 3 aromatic carbocycles. The van der Waals surface area contributed by atoms with Crippen molar-refractivity contribution in [1.29, 1.82) is 5.26 Å². The third-order valence-corrected chi connectivity index (χ3v) is 14.8. The molecule has 9 rings (SSSR count). The minimum atomic E-state index is -4.01. The molecule has 4 heterocycles. The SMILES string of the molecule is CCN(C)S(=O)(=O)Nc1ccc(F)c(Oc2ccc3ncn(C4CC5(CCN(C6CC(c7cc8c(cc7F)c(N7CCC(=O)NC7=O)nn8C)C6)CC5)C4)c(=O)c3c2)c1C#N. The van der Waals surface area contributed by atoms with Gasteiger partial charge in [0.2, 0.25) is 5.91 Å². The number of hydrogen-bond acceptors (Lipinski definition) is 10. The van der Waals surface area contributed by atoms with Crippen LogP contribution in [-0.2, 0) is 22.1 Å². The molecule has 2 N–H and O–H groups in total. The molecular weight excluding hydrogens is 811 g/mol. The number of nitrogens with zero attached hydrogens (tertiary/aromatic N) is 8. The standard InChI is InChI=1S/C42H44F2N10O6S/c1-4-50(2)61(58,59)49-35-8-6-32(43)38(31(35)22-45)60-27-5-7-34-29(17-27)40(56)54(23-46-34)26-20-42(21-26)10-13-52(14-11-42)25-15-24(16-25)28-19-36-30(18-33(28)44)39(48-51(36)3)53-12-9-37(55)47-41(53)57/h5-8,17-19,23-26,49H,4,9-16,20-21H2,1-3H3,(H,47,55,57). The number of aryl methyl sites for hydroxylation is 1. The van der Waals surface area contributed by atoms with Gasteiger partial charge in [-0.25, -0.2) is 18.6 Å². The highest BCUT2D eigenvalue weighted by Gasteiger charge is 2.49. The van der Waals surface area contributed by atoms with Crippen LogP contribution >= 0.6 is 0 Å². The second-order valence-electron chi connectivity index (χ2n) is 16.7. The molecular formula is C42H44F2N10O6S. The molecule has 19 heteroatoms. The van der Waals surface area contributed by atoms with Gasteiger partial charge in [-0.3, -0.25) is 33.8 Å². The number of nitrogens with one attached hydrogen (secondary N) is 2. The number of fused-ring (bicyclic) bond motifs is 2. The Hall–Kier alpha value is -5.97. The summed E-state index contributed by atoms with van der Waals surface area (Å²) in [4.78, 5) is 46.4. The van der Waals surface area contributed by atoms with E-state index in [1.54, 1.807) is 35.6 Å². The zero-order valence-electron chi connectivity index (χ0n) is 33.8. The molecule has 0 bridgehead atoms. The molecule has 0 radical (unpaired) electrons. The Morgan fingerprint density at radius 2 is 1.77 bits per heavy atom. The lowest BCUT2D eigenvalue weighted by atomic mass is 9.60. The molecule has 318 valence electrons. The normalized spacial score (nSPS) is 20.8. The lowest BCUT2D eigenvalue weighted by molar-refractivity contribution is -0.120. The molecule has 61 heavy (non-hydrogen) atoms. The predicted molar refractivity (Wildman–Crippen MR) is 221 cm³/mol. The summed E-state index contributed by atoms with van der Waals surface area (Å²) in [6, 6.07) is 11.6. The third-order valence-electron chi connectivity index (χ3n) is 13.2. The summed E-state index contributed by atoms with van der Waals surface area (Å²) < 4.78 is 68.5. The first kappa shape index (κ1) is 40.4. The summed E-state index contributed by atoms with van der Waals surface area (Å²) in [6.45, 7) is 3.83. The van der Waals surface area contributed by atoms with E-state index in [1.165, 1.54) is 30.1 Å². The van der Waals surface area contributed by atoms with Gasteiger partial charge in [0, 0.05) is 51.1 Å². The quantitative estimate of drug-likeness (QED) is 0.178. The second-order valence-corrected chi connectivity index (χ2v) is 18.5. The van der Waals surface area contributed by atoms with Gasteiger partial charge in [0.15, 0.2) is 17.4 Å². The Kier molecular flexibility index (Phi) is 10.1. The maximum atomic E-state index is 15.7. The number of imide groups is 1. The van der Waals surface area contributed by atoms with Crippen LogP contribution in [0.15, 0.2) is 53.6 Å². The highest BCUT2D eigenvalue weighted by Crippen LogP contribution is 2.55. The van der Waals surface area contributed by atoms with E-state index in [4.69, 9.17) is 4.74 Å². The van der Waals surface area contributed by atoms with Gasteiger partial charge in [0.05, 0.1) is 28.4 Å². The third kappa shape index (κ3) is 7.15. The van der Waals surface area contributed by atoms with Crippen molar-refractivity contribution in [1.82, 2.24) is 33.9 Å². The molecule has 16 nitrogen and oxygen atoms in total. The number of rotatable bonds is 10. The maximum Gasteiger partial charge on any atom is 0.329 e. The van der Waals surface area contributed by atoms with E-state index < -0.39 is 27.8 Å². The van der Waals surface area contributed by atoms with E-state index in [-0.39, 0.29) is 76.6 Å². The van der Waals surface area contributed by atoms with Gasteiger partial charge in [-0.05, 0) is 111 Å². The summed E-state index contributed by atoms with van der Waals surface area (Å²) >= 11 is 0. The van der Waals surface area contributed by atoms with Gasteiger partial charge < -0.3 is 9.64 Å². The van der Waals surface area contributed by atoms with Gasteiger partial charge in [0.1, 0.15) is 23.2 Å². The molecule has 2 saturated carbocycles. The number of piperidine rings is 1. The molecule has 2 aliphatic heterocycles. The van der Waals surface area contributed by atoms with Gasteiger partial charge in [0.25, 0.3) is 5.56 Å². The van der Waals surface area contributed by atoms with Crippen molar-refractivity contribution in [3.63, 3.8) is 0 Å². The van der Waals surface area contributed by atoms with E-state index in [0.29, 0.717) is 28.3 Å². The van der Waals surface area contributed by atoms with Crippen LogP contribution < -0.4 is 25.2 Å². The highest BCUT2D eigenvalue weighted by atomic mass is 32.2. The molecule has 0 unspecified atom stereocenters. The molecule has 2 saturated heterocycles. The number of halogens is 2. The zero-order valence-corrected chi connectivity index (χ0v) is 34.6. The monoisotopic (exact) mass is 854 g/mol. The first-order valence-corrected chi connectivity index (χ1v) is 21.8. The van der Waals surface area contributed by atoms with Crippen molar-refractivity contribution in [2.75, 3.05) is 42.8 Å².